The quantitative estimate of drug-likeness (QED) is 0.866. The maximum absolute atomic E-state index is 12.5. The molecule has 0 spiro atoms. The van der Waals surface area contributed by atoms with E-state index in [1.165, 1.54) is 11.3 Å². The molecule has 2 heterocycles. The lowest BCUT2D eigenvalue weighted by molar-refractivity contribution is -0.118. The molecule has 2 N–H and O–H groups in total. The molecule has 0 atom stereocenters. The largest absolute Gasteiger partial charge is 0.482 e. The van der Waals surface area contributed by atoms with Crippen LogP contribution in [0.15, 0.2) is 30.3 Å². The SMILES string of the molecule is CCN(Cc1ccc(Cl)s1)C(=O)Nc1ccc2c(c1)OCC(=O)N2. The van der Waals surface area contributed by atoms with Crippen LogP contribution in [-0.4, -0.2) is 30.0 Å². The number of ether oxygens (including phenoxy) is 1. The first-order valence-electron chi connectivity index (χ1n) is 7.42. The molecule has 2 aromatic rings. The molecule has 3 rings (SSSR count). The lowest BCUT2D eigenvalue weighted by Crippen LogP contribution is -2.34. The summed E-state index contributed by atoms with van der Waals surface area (Å²) in [5.74, 6) is 0.353. The predicted molar refractivity (Wildman–Crippen MR) is 95.0 cm³/mol. The maximum Gasteiger partial charge on any atom is 0.322 e. The number of rotatable bonds is 4. The maximum atomic E-state index is 12.5. The summed E-state index contributed by atoms with van der Waals surface area (Å²) in [7, 11) is 0. The van der Waals surface area contributed by atoms with Crippen LogP contribution < -0.4 is 15.4 Å². The summed E-state index contributed by atoms with van der Waals surface area (Å²) >= 11 is 7.39. The lowest BCUT2D eigenvalue weighted by Gasteiger charge is -2.22. The molecule has 0 radical (unpaired) electrons. The van der Waals surface area contributed by atoms with Crippen molar-refractivity contribution in [2.45, 2.75) is 13.5 Å². The molecular formula is C16H16ClN3O3S. The Bertz CT molecular complexity index is 778. The van der Waals surface area contributed by atoms with Crippen LogP contribution in [0.1, 0.15) is 11.8 Å². The molecule has 1 aromatic heterocycles. The summed E-state index contributed by atoms with van der Waals surface area (Å²) in [5.41, 5.74) is 1.21. The zero-order valence-corrected chi connectivity index (χ0v) is 14.5. The van der Waals surface area contributed by atoms with E-state index >= 15 is 0 Å². The topological polar surface area (TPSA) is 70.7 Å². The van der Waals surface area contributed by atoms with Gasteiger partial charge in [0.2, 0.25) is 0 Å². The van der Waals surface area contributed by atoms with Crippen molar-refractivity contribution in [1.29, 1.82) is 0 Å². The standard InChI is InChI=1S/C16H16ClN3O3S/c1-2-20(8-11-4-6-14(17)24-11)16(22)18-10-3-5-12-13(7-10)23-9-15(21)19-12/h3-7H,2,8-9H2,1H3,(H,18,22)(H,19,21). The molecule has 24 heavy (non-hydrogen) atoms. The summed E-state index contributed by atoms with van der Waals surface area (Å²) in [6, 6.07) is 8.66. The van der Waals surface area contributed by atoms with Gasteiger partial charge >= 0.3 is 6.03 Å². The Morgan fingerprint density at radius 1 is 1.42 bits per heavy atom. The van der Waals surface area contributed by atoms with E-state index in [1.54, 1.807) is 23.1 Å². The van der Waals surface area contributed by atoms with Crippen LogP contribution in [0.3, 0.4) is 0 Å². The third-order valence-corrected chi connectivity index (χ3v) is 4.73. The van der Waals surface area contributed by atoms with E-state index in [9.17, 15) is 9.59 Å². The summed E-state index contributed by atoms with van der Waals surface area (Å²) < 4.78 is 6.06. The van der Waals surface area contributed by atoms with Gasteiger partial charge in [-0.1, -0.05) is 11.6 Å². The van der Waals surface area contributed by atoms with Gasteiger partial charge < -0.3 is 20.3 Å². The van der Waals surface area contributed by atoms with E-state index in [2.05, 4.69) is 10.6 Å². The highest BCUT2D eigenvalue weighted by Crippen LogP contribution is 2.30. The number of carbonyl (C=O) groups excluding carboxylic acids is 2. The Morgan fingerprint density at radius 3 is 2.96 bits per heavy atom. The fourth-order valence-corrected chi connectivity index (χ4v) is 3.41. The number of amides is 3. The number of thiophene rings is 1. The number of hydrogen-bond donors (Lipinski definition) is 2. The molecule has 6 nitrogen and oxygen atoms in total. The summed E-state index contributed by atoms with van der Waals surface area (Å²) in [4.78, 5) is 26.4. The Hall–Kier alpha value is -2.25. The average molecular weight is 366 g/mol. The second kappa shape index (κ2) is 7.11. The second-order valence-corrected chi connectivity index (χ2v) is 7.00. The Morgan fingerprint density at radius 2 is 2.25 bits per heavy atom. The third kappa shape index (κ3) is 3.80. The van der Waals surface area contributed by atoms with E-state index in [-0.39, 0.29) is 18.5 Å². The molecule has 0 aliphatic carbocycles. The van der Waals surface area contributed by atoms with Crippen LogP contribution in [0, 0.1) is 0 Å². The van der Waals surface area contributed by atoms with Crippen molar-refractivity contribution >= 4 is 46.3 Å². The highest BCUT2D eigenvalue weighted by molar-refractivity contribution is 7.16. The number of hydrogen-bond acceptors (Lipinski definition) is 4. The second-order valence-electron chi connectivity index (χ2n) is 5.20. The smallest absolute Gasteiger partial charge is 0.322 e. The van der Waals surface area contributed by atoms with Crippen molar-refractivity contribution in [2.75, 3.05) is 23.8 Å². The number of carbonyl (C=O) groups is 2. The number of anilines is 2. The molecule has 0 saturated carbocycles. The predicted octanol–water partition coefficient (Wildman–Crippen LogP) is 3.79. The van der Waals surface area contributed by atoms with Gasteiger partial charge in [0.15, 0.2) is 6.61 Å². The highest BCUT2D eigenvalue weighted by Gasteiger charge is 2.18. The van der Waals surface area contributed by atoms with Crippen molar-refractivity contribution in [2.24, 2.45) is 0 Å². The van der Waals surface area contributed by atoms with Gasteiger partial charge in [0.1, 0.15) is 5.75 Å². The van der Waals surface area contributed by atoms with E-state index < -0.39 is 0 Å². The zero-order chi connectivity index (χ0) is 17.1. The van der Waals surface area contributed by atoms with Crippen LogP contribution in [-0.2, 0) is 11.3 Å². The number of nitrogens with one attached hydrogen (secondary N) is 2. The molecule has 0 fully saturated rings. The Kier molecular flexibility index (Phi) is 4.92. The fraction of sp³-hybridized carbons (Fsp3) is 0.250. The van der Waals surface area contributed by atoms with Crippen molar-refractivity contribution in [3.63, 3.8) is 0 Å². The molecular weight excluding hydrogens is 350 g/mol. The van der Waals surface area contributed by atoms with Gasteiger partial charge in [0.05, 0.1) is 16.6 Å². The summed E-state index contributed by atoms with van der Waals surface area (Å²) in [5, 5.41) is 5.56. The fourth-order valence-electron chi connectivity index (χ4n) is 2.31. The minimum absolute atomic E-state index is 0.0232. The molecule has 126 valence electrons. The first-order chi connectivity index (χ1) is 11.5. The summed E-state index contributed by atoms with van der Waals surface area (Å²) in [6.07, 6.45) is 0. The average Bonchev–Trinajstić information content (AvgIpc) is 2.97. The number of nitrogens with zero attached hydrogens (tertiary/aromatic N) is 1. The van der Waals surface area contributed by atoms with Crippen LogP contribution in [0.4, 0.5) is 16.2 Å². The van der Waals surface area contributed by atoms with Crippen molar-refractivity contribution in [3.8, 4) is 5.75 Å². The molecule has 8 heteroatoms. The van der Waals surface area contributed by atoms with E-state index in [1.807, 2.05) is 19.1 Å². The van der Waals surface area contributed by atoms with Gasteiger partial charge in [0, 0.05) is 23.2 Å². The van der Waals surface area contributed by atoms with E-state index in [4.69, 9.17) is 16.3 Å². The normalized spacial score (nSPS) is 12.8. The van der Waals surface area contributed by atoms with Gasteiger partial charge in [-0.25, -0.2) is 4.79 Å². The molecule has 1 aliphatic heterocycles. The number of fused-ring (bicyclic) bond motifs is 1. The van der Waals surface area contributed by atoms with Gasteiger partial charge in [-0.2, -0.15) is 0 Å². The molecule has 1 aromatic carbocycles. The van der Waals surface area contributed by atoms with Crippen LogP contribution in [0.5, 0.6) is 5.75 Å². The minimum atomic E-state index is -0.207. The first-order valence-corrected chi connectivity index (χ1v) is 8.61. The van der Waals surface area contributed by atoms with Crippen LogP contribution in [0.2, 0.25) is 4.34 Å². The number of urea groups is 1. The van der Waals surface area contributed by atoms with E-state index in [0.29, 0.717) is 34.6 Å². The van der Waals surface area contributed by atoms with Gasteiger partial charge in [-0.05, 0) is 31.2 Å². The number of halogens is 1. The Labute approximate surface area is 148 Å². The monoisotopic (exact) mass is 365 g/mol. The van der Waals surface area contributed by atoms with Crippen molar-refractivity contribution in [1.82, 2.24) is 4.90 Å². The molecule has 0 unspecified atom stereocenters. The molecule has 3 amide bonds. The van der Waals surface area contributed by atoms with E-state index in [0.717, 1.165) is 4.88 Å². The summed E-state index contributed by atoms with van der Waals surface area (Å²) in [6.45, 7) is 2.96. The third-order valence-electron chi connectivity index (χ3n) is 3.51. The zero-order valence-electron chi connectivity index (χ0n) is 13.0. The van der Waals surface area contributed by atoms with Crippen molar-refractivity contribution in [3.05, 3.63) is 39.5 Å². The van der Waals surface area contributed by atoms with Gasteiger partial charge in [-0.15, -0.1) is 11.3 Å². The van der Waals surface area contributed by atoms with Gasteiger partial charge in [-0.3, -0.25) is 4.79 Å². The highest BCUT2D eigenvalue weighted by atomic mass is 35.5. The van der Waals surface area contributed by atoms with Crippen LogP contribution >= 0.6 is 22.9 Å². The van der Waals surface area contributed by atoms with Gasteiger partial charge in [0.25, 0.3) is 5.91 Å². The lowest BCUT2D eigenvalue weighted by atomic mass is 10.2. The minimum Gasteiger partial charge on any atom is -0.482 e. The first kappa shape index (κ1) is 16.6. The number of benzene rings is 1. The van der Waals surface area contributed by atoms with Crippen molar-refractivity contribution < 1.29 is 14.3 Å². The Balaban J connectivity index is 1.68. The molecule has 0 bridgehead atoms. The molecule has 0 saturated heterocycles. The van der Waals surface area contributed by atoms with Crippen LogP contribution in [0.25, 0.3) is 0 Å². The molecule has 1 aliphatic rings.